The van der Waals surface area contributed by atoms with E-state index in [0.29, 0.717) is 6.07 Å². The van der Waals surface area contributed by atoms with E-state index in [1.165, 1.54) is 24.4 Å². The van der Waals surface area contributed by atoms with E-state index in [-0.39, 0.29) is 41.8 Å². The summed E-state index contributed by atoms with van der Waals surface area (Å²) in [7, 11) is 0. The zero-order valence-corrected chi connectivity index (χ0v) is 19.3. The van der Waals surface area contributed by atoms with E-state index >= 15 is 0 Å². The molecular formula is C21H18Cl2F4N6O2. The van der Waals surface area contributed by atoms with E-state index in [1.807, 2.05) is 5.32 Å². The minimum Gasteiger partial charge on any atom is -0.710 e. The Bertz CT molecular complexity index is 1210. The highest BCUT2D eigenvalue weighted by atomic mass is 35.5. The standard InChI is InChI=1S/C21H16F4N6O2.2ClH/c22-14-4-3-7-27-16(14)11-29-19(32)9-17-13(10-26)8-15(23)20(31(17)33)30-12-21(24,25)18-5-1-2-6-28-18;;/h1-8,30H,9,11-12H2,(H,29,32);2*1H. The number of carbonyl (C=O) groups excluding carboxylic acids is 1. The van der Waals surface area contributed by atoms with Crippen LogP contribution in [0.5, 0.6) is 0 Å². The topological polar surface area (TPSA) is 118 Å². The molecule has 0 bridgehead atoms. The van der Waals surface area contributed by atoms with Gasteiger partial charge in [0, 0.05) is 18.5 Å². The van der Waals surface area contributed by atoms with Crippen LogP contribution in [-0.4, -0.2) is 22.4 Å². The smallest absolute Gasteiger partial charge is 0.325 e. The monoisotopic (exact) mass is 532 g/mol. The summed E-state index contributed by atoms with van der Waals surface area (Å²) in [4.78, 5) is 19.6. The molecule has 0 aliphatic rings. The average Bonchev–Trinajstić information content (AvgIpc) is 2.80. The highest BCUT2D eigenvalue weighted by Gasteiger charge is 2.36. The number of halogens is 6. The Morgan fingerprint density at radius 2 is 1.83 bits per heavy atom. The number of aromatic nitrogens is 3. The maximum atomic E-state index is 14.4. The molecule has 3 aromatic rings. The van der Waals surface area contributed by atoms with Crippen molar-refractivity contribution in [2.45, 2.75) is 18.9 Å². The normalized spacial score (nSPS) is 10.4. The van der Waals surface area contributed by atoms with E-state index < -0.39 is 59.2 Å². The Morgan fingerprint density at radius 1 is 1.11 bits per heavy atom. The van der Waals surface area contributed by atoms with Crippen molar-refractivity contribution in [1.82, 2.24) is 15.3 Å². The van der Waals surface area contributed by atoms with Gasteiger partial charge >= 0.3 is 11.7 Å². The third-order valence-electron chi connectivity index (χ3n) is 4.51. The Morgan fingerprint density at radius 3 is 2.46 bits per heavy atom. The maximum absolute atomic E-state index is 14.4. The second-order valence-electron chi connectivity index (χ2n) is 6.77. The number of rotatable bonds is 8. The zero-order valence-electron chi connectivity index (χ0n) is 17.7. The number of hydrogen-bond donors (Lipinski definition) is 2. The molecule has 0 aliphatic heterocycles. The number of carbonyl (C=O) groups is 1. The number of alkyl halides is 2. The molecule has 0 aromatic carbocycles. The van der Waals surface area contributed by atoms with Gasteiger partial charge in [0.1, 0.15) is 23.3 Å². The van der Waals surface area contributed by atoms with Crippen molar-refractivity contribution < 1.29 is 27.1 Å². The van der Waals surface area contributed by atoms with E-state index in [0.717, 1.165) is 18.3 Å². The van der Waals surface area contributed by atoms with Crippen LogP contribution in [0.25, 0.3) is 0 Å². The molecule has 0 atom stereocenters. The molecule has 8 nitrogen and oxygen atoms in total. The molecule has 0 unspecified atom stereocenters. The minimum absolute atomic E-state index is 0. The molecule has 35 heavy (non-hydrogen) atoms. The summed E-state index contributed by atoms with van der Waals surface area (Å²) < 4.78 is 56.6. The molecule has 3 rings (SSSR count). The van der Waals surface area contributed by atoms with Crippen LogP contribution in [0.15, 0.2) is 48.8 Å². The minimum atomic E-state index is -3.54. The fourth-order valence-electron chi connectivity index (χ4n) is 2.85. The lowest BCUT2D eigenvalue weighted by atomic mass is 10.1. The van der Waals surface area contributed by atoms with Gasteiger partial charge in [0.25, 0.3) is 0 Å². The molecule has 14 heteroatoms. The molecule has 0 spiro atoms. The molecule has 0 saturated heterocycles. The van der Waals surface area contributed by atoms with E-state index in [9.17, 15) is 32.8 Å². The molecular weight excluding hydrogens is 515 g/mol. The van der Waals surface area contributed by atoms with E-state index in [1.54, 1.807) is 6.07 Å². The highest BCUT2D eigenvalue weighted by Crippen LogP contribution is 2.26. The van der Waals surface area contributed by atoms with Gasteiger partial charge in [0.05, 0.1) is 24.2 Å². The van der Waals surface area contributed by atoms with Gasteiger partial charge in [-0.2, -0.15) is 18.4 Å². The first-order valence-corrected chi connectivity index (χ1v) is 9.47. The summed E-state index contributed by atoms with van der Waals surface area (Å²) in [6.45, 7) is -1.46. The summed E-state index contributed by atoms with van der Waals surface area (Å²) in [6.07, 6.45) is 1.79. The molecule has 2 N–H and O–H groups in total. The van der Waals surface area contributed by atoms with Crippen LogP contribution in [0.2, 0.25) is 0 Å². The van der Waals surface area contributed by atoms with Crippen molar-refractivity contribution >= 4 is 36.5 Å². The van der Waals surface area contributed by atoms with Crippen molar-refractivity contribution in [1.29, 1.82) is 5.26 Å². The lowest BCUT2D eigenvalue weighted by molar-refractivity contribution is -0.600. The molecule has 0 saturated carbocycles. The Labute approximate surface area is 209 Å². The van der Waals surface area contributed by atoms with E-state index in [2.05, 4.69) is 15.3 Å². The van der Waals surface area contributed by atoms with Crippen molar-refractivity contribution in [2.24, 2.45) is 0 Å². The molecule has 1 amide bonds. The molecule has 3 aromatic heterocycles. The number of amides is 1. The van der Waals surface area contributed by atoms with Crippen LogP contribution in [0.3, 0.4) is 0 Å². The number of hydrogen-bond acceptors (Lipinski definition) is 6. The summed E-state index contributed by atoms with van der Waals surface area (Å²) >= 11 is 0. The van der Waals surface area contributed by atoms with Gasteiger partial charge in [-0.05, 0) is 24.3 Å². The number of nitrogens with one attached hydrogen (secondary N) is 2. The summed E-state index contributed by atoms with van der Waals surface area (Å²) in [5.41, 5.74) is -1.57. The Hall–Kier alpha value is -3.69. The second kappa shape index (κ2) is 12.7. The lowest BCUT2D eigenvalue weighted by Crippen LogP contribution is -2.42. The van der Waals surface area contributed by atoms with Crippen LogP contribution in [0, 0.1) is 28.2 Å². The van der Waals surface area contributed by atoms with Gasteiger partial charge < -0.3 is 10.5 Å². The largest absolute Gasteiger partial charge is 0.710 e. The third kappa shape index (κ3) is 7.14. The van der Waals surface area contributed by atoms with Crippen LogP contribution >= 0.6 is 24.8 Å². The fraction of sp³-hybridized carbons (Fsp3) is 0.190. The molecule has 0 radical (unpaired) electrons. The van der Waals surface area contributed by atoms with Gasteiger partial charge in [-0.25, -0.2) is 9.12 Å². The molecule has 0 aliphatic carbocycles. The molecule has 0 fully saturated rings. The first-order valence-electron chi connectivity index (χ1n) is 9.47. The Balaban J connectivity index is 0.00000306. The van der Waals surface area contributed by atoms with Crippen LogP contribution in [-0.2, 0) is 23.7 Å². The summed E-state index contributed by atoms with van der Waals surface area (Å²) in [6, 6.07) is 8.63. The number of nitrogens with zero attached hydrogens (tertiary/aromatic N) is 4. The number of nitriles is 1. The Kier molecular flexibility index (Phi) is 10.6. The van der Waals surface area contributed by atoms with Gasteiger partial charge in [0.15, 0.2) is 6.54 Å². The summed E-state index contributed by atoms with van der Waals surface area (Å²) in [5.74, 6) is -7.13. The van der Waals surface area contributed by atoms with Crippen LogP contribution < -0.4 is 15.4 Å². The van der Waals surface area contributed by atoms with Gasteiger partial charge in [-0.1, -0.05) is 6.07 Å². The zero-order chi connectivity index (χ0) is 24.0. The third-order valence-corrected chi connectivity index (χ3v) is 4.51. The summed E-state index contributed by atoms with van der Waals surface area (Å²) in [5, 5.41) is 26.2. The van der Waals surface area contributed by atoms with Crippen molar-refractivity contribution in [3.05, 3.63) is 88.3 Å². The highest BCUT2D eigenvalue weighted by molar-refractivity contribution is 5.85. The lowest BCUT2D eigenvalue weighted by Gasteiger charge is -2.18. The van der Waals surface area contributed by atoms with Crippen molar-refractivity contribution in [3.63, 3.8) is 0 Å². The molecule has 186 valence electrons. The first kappa shape index (κ1) is 29.3. The van der Waals surface area contributed by atoms with Gasteiger partial charge in [-0.3, -0.25) is 20.1 Å². The predicted molar refractivity (Wildman–Crippen MR) is 121 cm³/mol. The first-order chi connectivity index (χ1) is 15.7. The quantitative estimate of drug-likeness (QED) is 0.261. The van der Waals surface area contributed by atoms with Crippen molar-refractivity contribution in [3.8, 4) is 6.07 Å². The van der Waals surface area contributed by atoms with Gasteiger partial charge in [-0.15, -0.1) is 24.8 Å². The number of anilines is 1. The second-order valence-corrected chi connectivity index (χ2v) is 6.77. The van der Waals surface area contributed by atoms with Crippen molar-refractivity contribution in [2.75, 3.05) is 11.9 Å². The van der Waals surface area contributed by atoms with Crippen LogP contribution in [0.4, 0.5) is 23.4 Å². The predicted octanol–water partition coefficient (Wildman–Crippen LogP) is 3.17. The fourth-order valence-corrected chi connectivity index (χ4v) is 2.85. The van der Waals surface area contributed by atoms with E-state index in [4.69, 9.17) is 0 Å². The molecule has 3 heterocycles. The number of pyridine rings is 3. The van der Waals surface area contributed by atoms with Gasteiger partial charge in [0.2, 0.25) is 11.7 Å². The maximum Gasteiger partial charge on any atom is 0.325 e. The average molecular weight is 533 g/mol. The van der Waals surface area contributed by atoms with Crippen LogP contribution in [0.1, 0.15) is 22.6 Å². The SMILES string of the molecule is Cl.Cl.N#Cc1cc(F)c(NCC(F)(F)c2ccccn2)[n+]([O-])c1CC(=O)NCc1ncccc1F.